The summed E-state index contributed by atoms with van der Waals surface area (Å²) >= 11 is 2.40. The summed E-state index contributed by atoms with van der Waals surface area (Å²) in [6.45, 7) is 0. The third-order valence-electron chi connectivity index (χ3n) is 2.49. The molecule has 0 fully saturated rings. The van der Waals surface area contributed by atoms with Crippen LogP contribution in [0.4, 0.5) is 0 Å². The van der Waals surface area contributed by atoms with Gasteiger partial charge in [0.1, 0.15) is 3.70 Å². The minimum Gasteiger partial charge on any atom is -0.262 e. The molecule has 0 atom stereocenters. The predicted molar refractivity (Wildman–Crippen MR) is 57.2 cm³/mol. The standard InChI is InChI=1S/C9H13IN2/c1-12-9(10)7-5-3-2-4-6-8(7)11-12/h2-6H2,1H3. The van der Waals surface area contributed by atoms with Crippen molar-refractivity contribution in [2.75, 3.05) is 0 Å². The number of hydrogen-bond acceptors (Lipinski definition) is 1. The van der Waals surface area contributed by atoms with Gasteiger partial charge in [-0.25, -0.2) is 0 Å². The zero-order chi connectivity index (χ0) is 8.55. The summed E-state index contributed by atoms with van der Waals surface area (Å²) < 4.78 is 3.35. The Morgan fingerprint density at radius 3 is 2.83 bits per heavy atom. The quantitative estimate of drug-likeness (QED) is 0.525. The Kier molecular flexibility index (Phi) is 2.39. The first-order chi connectivity index (χ1) is 5.79. The normalized spacial score (nSPS) is 17.2. The largest absolute Gasteiger partial charge is 0.262 e. The van der Waals surface area contributed by atoms with Gasteiger partial charge in [0.25, 0.3) is 0 Å². The van der Waals surface area contributed by atoms with Crippen molar-refractivity contribution in [2.45, 2.75) is 32.1 Å². The third-order valence-corrected chi connectivity index (χ3v) is 3.84. The maximum absolute atomic E-state index is 4.52. The van der Waals surface area contributed by atoms with Crippen molar-refractivity contribution >= 4 is 22.6 Å². The summed E-state index contributed by atoms with van der Waals surface area (Å²) in [5.41, 5.74) is 2.86. The van der Waals surface area contributed by atoms with Crippen molar-refractivity contribution in [3.63, 3.8) is 0 Å². The van der Waals surface area contributed by atoms with E-state index < -0.39 is 0 Å². The molecule has 0 saturated carbocycles. The van der Waals surface area contributed by atoms with Crippen LogP contribution >= 0.6 is 22.6 Å². The summed E-state index contributed by atoms with van der Waals surface area (Å²) in [6, 6.07) is 0. The van der Waals surface area contributed by atoms with Gasteiger partial charge >= 0.3 is 0 Å². The Bertz CT molecular complexity index is 291. The molecule has 2 nitrogen and oxygen atoms in total. The van der Waals surface area contributed by atoms with Gasteiger partial charge in [0.05, 0.1) is 5.69 Å². The zero-order valence-corrected chi connectivity index (χ0v) is 9.47. The lowest BCUT2D eigenvalue weighted by molar-refractivity contribution is 0.670. The summed E-state index contributed by atoms with van der Waals surface area (Å²) in [4.78, 5) is 0. The molecule has 2 rings (SSSR count). The minimum atomic E-state index is 1.19. The average Bonchev–Trinajstić information content (AvgIpc) is 2.30. The van der Waals surface area contributed by atoms with Crippen LogP contribution in [0.25, 0.3) is 0 Å². The Morgan fingerprint density at radius 2 is 2.00 bits per heavy atom. The van der Waals surface area contributed by atoms with Gasteiger partial charge in [0.15, 0.2) is 0 Å². The SMILES string of the molecule is Cn1nc2c(c1I)CCCCC2. The smallest absolute Gasteiger partial charge is 0.102 e. The Hall–Kier alpha value is -0.0600. The molecule has 0 bridgehead atoms. The molecule has 1 aromatic rings. The molecule has 1 heterocycles. The molecule has 1 aliphatic carbocycles. The second-order valence-electron chi connectivity index (χ2n) is 3.40. The van der Waals surface area contributed by atoms with E-state index in [1.165, 1.54) is 47.1 Å². The van der Waals surface area contributed by atoms with Crippen molar-refractivity contribution in [1.82, 2.24) is 9.78 Å². The van der Waals surface area contributed by atoms with E-state index >= 15 is 0 Å². The molecule has 0 unspecified atom stereocenters. The van der Waals surface area contributed by atoms with E-state index in [0.29, 0.717) is 0 Å². The summed E-state index contributed by atoms with van der Waals surface area (Å²) in [6.07, 6.45) is 6.46. The van der Waals surface area contributed by atoms with E-state index in [9.17, 15) is 0 Å². The molecule has 0 N–H and O–H groups in total. The maximum atomic E-state index is 4.52. The fraction of sp³-hybridized carbons (Fsp3) is 0.667. The molecule has 1 aliphatic rings. The lowest BCUT2D eigenvalue weighted by Crippen LogP contribution is -1.94. The molecule has 66 valence electrons. The molecular weight excluding hydrogens is 263 g/mol. The number of aryl methyl sites for hydroxylation is 2. The van der Waals surface area contributed by atoms with Crippen LogP contribution in [0.15, 0.2) is 0 Å². The number of nitrogens with zero attached hydrogens (tertiary/aromatic N) is 2. The van der Waals surface area contributed by atoms with Crippen molar-refractivity contribution in [2.24, 2.45) is 7.05 Å². The second-order valence-corrected chi connectivity index (χ2v) is 4.42. The van der Waals surface area contributed by atoms with Crippen LogP contribution in [0.2, 0.25) is 0 Å². The Balaban J connectivity index is 2.42. The van der Waals surface area contributed by atoms with Gasteiger partial charge in [0.2, 0.25) is 0 Å². The number of rotatable bonds is 0. The van der Waals surface area contributed by atoms with Crippen LogP contribution in [0.1, 0.15) is 30.5 Å². The molecule has 12 heavy (non-hydrogen) atoms. The van der Waals surface area contributed by atoms with E-state index in [-0.39, 0.29) is 0 Å². The van der Waals surface area contributed by atoms with Crippen LogP contribution in [0, 0.1) is 3.70 Å². The van der Waals surface area contributed by atoms with Gasteiger partial charge in [-0.05, 0) is 48.3 Å². The average molecular weight is 276 g/mol. The van der Waals surface area contributed by atoms with E-state index in [0.717, 1.165) is 0 Å². The first-order valence-corrected chi connectivity index (χ1v) is 5.57. The number of hydrogen-bond donors (Lipinski definition) is 0. The maximum Gasteiger partial charge on any atom is 0.102 e. The zero-order valence-electron chi connectivity index (χ0n) is 7.31. The monoisotopic (exact) mass is 276 g/mol. The topological polar surface area (TPSA) is 17.8 Å². The fourth-order valence-electron chi connectivity index (χ4n) is 1.82. The van der Waals surface area contributed by atoms with Gasteiger partial charge in [-0.15, -0.1) is 0 Å². The van der Waals surface area contributed by atoms with E-state index in [1.807, 2.05) is 11.7 Å². The van der Waals surface area contributed by atoms with Gasteiger partial charge < -0.3 is 0 Å². The first-order valence-electron chi connectivity index (χ1n) is 4.49. The molecule has 1 aromatic heterocycles. The Morgan fingerprint density at radius 1 is 1.25 bits per heavy atom. The van der Waals surface area contributed by atoms with Crippen molar-refractivity contribution in [3.05, 3.63) is 15.0 Å². The molecular formula is C9H13IN2. The lowest BCUT2D eigenvalue weighted by Gasteiger charge is -1.95. The van der Waals surface area contributed by atoms with Crippen molar-refractivity contribution < 1.29 is 0 Å². The van der Waals surface area contributed by atoms with E-state index in [1.54, 1.807) is 0 Å². The number of halogens is 1. The fourth-order valence-corrected chi connectivity index (χ4v) is 2.51. The molecule has 3 heteroatoms. The van der Waals surface area contributed by atoms with Crippen LogP contribution < -0.4 is 0 Å². The first kappa shape index (κ1) is 8.53. The highest BCUT2D eigenvalue weighted by atomic mass is 127. The highest BCUT2D eigenvalue weighted by molar-refractivity contribution is 14.1. The summed E-state index contributed by atoms with van der Waals surface area (Å²) in [7, 11) is 2.04. The van der Waals surface area contributed by atoms with E-state index in [4.69, 9.17) is 0 Å². The van der Waals surface area contributed by atoms with Crippen LogP contribution in [-0.2, 0) is 19.9 Å². The molecule has 0 spiro atoms. The van der Waals surface area contributed by atoms with Crippen LogP contribution in [0.3, 0.4) is 0 Å². The van der Waals surface area contributed by atoms with Gasteiger partial charge in [-0.1, -0.05) is 6.42 Å². The number of aromatic nitrogens is 2. The third kappa shape index (κ3) is 1.39. The molecule has 0 radical (unpaired) electrons. The Labute approximate surface area is 86.5 Å². The molecule has 0 aliphatic heterocycles. The van der Waals surface area contributed by atoms with Gasteiger partial charge in [-0.3, -0.25) is 4.68 Å². The summed E-state index contributed by atoms with van der Waals surface area (Å²) in [5.74, 6) is 0. The molecule has 0 amide bonds. The molecule has 0 aromatic carbocycles. The molecule has 0 saturated heterocycles. The second kappa shape index (κ2) is 3.36. The highest BCUT2D eigenvalue weighted by Gasteiger charge is 2.15. The van der Waals surface area contributed by atoms with Gasteiger partial charge in [-0.2, -0.15) is 5.10 Å². The predicted octanol–water partition coefficient (Wildman–Crippen LogP) is 2.29. The van der Waals surface area contributed by atoms with Crippen molar-refractivity contribution in [3.8, 4) is 0 Å². The number of fused-ring (bicyclic) bond motifs is 1. The summed E-state index contributed by atoms with van der Waals surface area (Å²) in [5, 5.41) is 4.52. The van der Waals surface area contributed by atoms with Gasteiger partial charge in [0, 0.05) is 12.6 Å². The minimum absolute atomic E-state index is 1.19. The lowest BCUT2D eigenvalue weighted by atomic mass is 10.1. The van der Waals surface area contributed by atoms with Crippen LogP contribution in [-0.4, -0.2) is 9.78 Å². The van der Waals surface area contributed by atoms with Crippen molar-refractivity contribution in [1.29, 1.82) is 0 Å². The highest BCUT2D eigenvalue weighted by Crippen LogP contribution is 2.23. The van der Waals surface area contributed by atoms with Crippen LogP contribution in [0.5, 0.6) is 0 Å². The van der Waals surface area contributed by atoms with E-state index in [2.05, 4.69) is 27.7 Å².